The minimum atomic E-state index is -4.09. The van der Waals surface area contributed by atoms with E-state index in [9.17, 15) is 13.2 Å². The van der Waals surface area contributed by atoms with Crippen LogP contribution in [0.3, 0.4) is 0 Å². The molecule has 0 aromatic rings. The van der Waals surface area contributed by atoms with E-state index in [2.05, 4.69) is 11.8 Å². The van der Waals surface area contributed by atoms with Crippen molar-refractivity contribution in [1.29, 1.82) is 0 Å². The van der Waals surface area contributed by atoms with Crippen LogP contribution in [0.4, 0.5) is 13.2 Å². The van der Waals surface area contributed by atoms with Gasteiger partial charge in [0, 0.05) is 38.3 Å². The van der Waals surface area contributed by atoms with Gasteiger partial charge in [0.25, 0.3) is 0 Å². The van der Waals surface area contributed by atoms with Gasteiger partial charge in [-0.25, -0.2) is 0 Å². The molecule has 1 saturated carbocycles. The second-order valence-corrected chi connectivity index (χ2v) is 6.23. The second-order valence-electron chi connectivity index (χ2n) is 6.23. The van der Waals surface area contributed by atoms with Crippen molar-refractivity contribution in [3.05, 3.63) is 0 Å². The van der Waals surface area contributed by atoms with Crippen LogP contribution in [0.25, 0.3) is 0 Å². The first-order valence-electron chi connectivity index (χ1n) is 7.07. The van der Waals surface area contributed by atoms with Crippen LogP contribution >= 0.6 is 0 Å². The average Bonchev–Trinajstić information content (AvgIpc) is 3.11. The Morgan fingerprint density at radius 3 is 2.11 bits per heavy atom. The molecule has 3 nitrogen and oxygen atoms in total. The van der Waals surface area contributed by atoms with E-state index in [-0.39, 0.29) is 5.54 Å². The summed E-state index contributed by atoms with van der Waals surface area (Å²) in [6.45, 7) is 4.31. The van der Waals surface area contributed by atoms with Crippen LogP contribution in [0.1, 0.15) is 26.2 Å². The molecule has 0 aromatic carbocycles. The highest BCUT2D eigenvalue weighted by molar-refractivity contribution is 4.94. The largest absolute Gasteiger partial charge is 0.401 e. The van der Waals surface area contributed by atoms with Gasteiger partial charge in [0.05, 0.1) is 6.54 Å². The Labute approximate surface area is 112 Å². The smallest absolute Gasteiger partial charge is 0.329 e. The van der Waals surface area contributed by atoms with Crippen LogP contribution in [0.5, 0.6) is 0 Å². The Hall–Kier alpha value is -0.330. The fraction of sp³-hybridized carbons (Fsp3) is 1.00. The summed E-state index contributed by atoms with van der Waals surface area (Å²) in [6, 6.07) is 0. The summed E-state index contributed by atoms with van der Waals surface area (Å²) in [5.74, 6) is 0.779. The summed E-state index contributed by atoms with van der Waals surface area (Å²) >= 11 is 0. The zero-order chi connectivity index (χ0) is 14.1. The van der Waals surface area contributed by atoms with Gasteiger partial charge < -0.3 is 5.73 Å². The lowest BCUT2D eigenvalue weighted by molar-refractivity contribution is -0.150. The molecule has 1 heterocycles. The van der Waals surface area contributed by atoms with E-state index < -0.39 is 12.7 Å². The maximum absolute atomic E-state index is 12.3. The summed E-state index contributed by atoms with van der Waals surface area (Å²) in [5, 5.41) is 0. The summed E-state index contributed by atoms with van der Waals surface area (Å²) in [5.41, 5.74) is 5.88. The maximum atomic E-state index is 12.3. The van der Waals surface area contributed by atoms with Crippen LogP contribution in [0.2, 0.25) is 0 Å². The zero-order valence-corrected chi connectivity index (χ0v) is 11.5. The van der Waals surface area contributed by atoms with Gasteiger partial charge in [-0.3, -0.25) is 9.80 Å². The van der Waals surface area contributed by atoms with Crippen LogP contribution in [0, 0.1) is 5.92 Å². The third-order valence-electron chi connectivity index (χ3n) is 4.40. The molecular weight excluding hydrogens is 255 g/mol. The molecule has 1 atom stereocenters. The van der Waals surface area contributed by atoms with Crippen LogP contribution < -0.4 is 5.73 Å². The van der Waals surface area contributed by atoms with Crippen molar-refractivity contribution in [1.82, 2.24) is 9.80 Å². The quantitative estimate of drug-likeness (QED) is 0.831. The van der Waals surface area contributed by atoms with Crippen LogP contribution in [-0.2, 0) is 0 Å². The molecule has 1 unspecified atom stereocenters. The van der Waals surface area contributed by atoms with Gasteiger partial charge in [-0.2, -0.15) is 13.2 Å². The zero-order valence-electron chi connectivity index (χ0n) is 11.5. The minimum absolute atomic E-state index is 0.0362. The number of alkyl halides is 3. The van der Waals surface area contributed by atoms with Crippen molar-refractivity contribution in [2.45, 2.75) is 37.9 Å². The van der Waals surface area contributed by atoms with Crippen LogP contribution in [-0.4, -0.2) is 60.8 Å². The number of piperazine rings is 1. The topological polar surface area (TPSA) is 32.5 Å². The number of nitrogens with zero attached hydrogens (tertiary/aromatic N) is 2. The molecule has 0 radical (unpaired) electrons. The van der Waals surface area contributed by atoms with Crippen molar-refractivity contribution in [3.8, 4) is 0 Å². The summed E-state index contributed by atoms with van der Waals surface area (Å²) in [7, 11) is 0. The Bertz CT molecular complexity index is 296. The van der Waals surface area contributed by atoms with E-state index in [1.807, 2.05) is 0 Å². The third kappa shape index (κ3) is 4.33. The van der Waals surface area contributed by atoms with Crippen molar-refractivity contribution >= 4 is 0 Å². The van der Waals surface area contributed by atoms with E-state index >= 15 is 0 Å². The van der Waals surface area contributed by atoms with Gasteiger partial charge in [0.15, 0.2) is 0 Å². The van der Waals surface area contributed by atoms with Crippen LogP contribution in [0.15, 0.2) is 0 Å². The second kappa shape index (κ2) is 5.58. The molecule has 6 heteroatoms. The summed E-state index contributed by atoms with van der Waals surface area (Å²) < 4.78 is 37.0. The van der Waals surface area contributed by atoms with E-state index in [4.69, 9.17) is 5.73 Å². The van der Waals surface area contributed by atoms with E-state index in [0.29, 0.717) is 32.7 Å². The first kappa shape index (κ1) is 15.1. The third-order valence-corrected chi connectivity index (χ3v) is 4.40. The lowest BCUT2D eigenvalue weighted by Crippen LogP contribution is -2.59. The number of nitrogens with two attached hydrogens (primary N) is 1. The van der Waals surface area contributed by atoms with E-state index in [1.165, 1.54) is 17.7 Å². The van der Waals surface area contributed by atoms with Gasteiger partial charge in [-0.15, -0.1) is 0 Å². The Kier molecular flexibility index (Phi) is 4.42. The Balaban J connectivity index is 1.83. The first-order valence-corrected chi connectivity index (χ1v) is 7.07. The number of hydrogen-bond acceptors (Lipinski definition) is 3. The van der Waals surface area contributed by atoms with Crippen molar-refractivity contribution in [2.75, 3.05) is 39.3 Å². The molecule has 0 spiro atoms. The lowest BCUT2D eigenvalue weighted by atomic mass is 9.92. The highest BCUT2D eigenvalue weighted by Gasteiger charge is 2.39. The monoisotopic (exact) mass is 279 g/mol. The predicted octanol–water partition coefficient (Wildman–Crippen LogP) is 1.68. The predicted molar refractivity (Wildman–Crippen MR) is 68.9 cm³/mol. The highest BCUT2D eigenvalue weighted by Crippen LogP contribution is 2.38. The molecule has 0 bridgehead atoms. The fourth-order valence-corrected chi connectivity index (χ4v) is 2.98. The molecule has 1 aliphatic heterocycles. The lowest BCUT2D eigenvalue weighted by Gasteiger charge is -2.45. The molecule has 2 N–H and O–H groups in total. The first-order chi connectivity index (χ1) is 8.82. The Morgan fingerprint density at radius 1 is 1.11 bits per heavy atom. The SMILES string of the molecule is CC(CN)(CC1CC1)N1CCN(CC(F)(F)F)CC1. The van der Waals surface area contributed by atoms with Gasteiger partial charge >= 0.3 is 6.18 Å². The normalized spacial score (nSPS) is 26.4. The summed E-state index contributed by atoms with van der Waals surface area (Å²) in [4.78, 5) is 3.78. The van der Waals surface area contributed by atoms with Crippen molar-refractivity contribution in [3.63, 3.8) is 0 Å². The minimum Gasteiger partial charge on any atom is -0.329 e. The average molecular weight is 279 g/mol. The van der Waals surface area contributed by atoms with Crippen molar-refractivity contribution < 1.29 is 13.2 Å². The summed E-state index contributed by atoms with van der Waals surface area (Å²) in [6.07, 6.45) is -0.441. The number of halogens is 3. The van der Waals surface area contributed by atoms with Gasteiger partial charge in [-0.05, 0) is 19.3 Å². The molecule has 2 rings (SSSR count). The number of rotatable bonds is 5. The van der Waals surface area contributed by atoms with Gasteiger partial charge in [0.1, 0.15) is 0 Å². The standard InChI is InChI=1S/C13H24F3N3/c1-12(9-17,8-11-2-3-11)19-6-4-18(5-7-19)10-13(14,15)16/h11H,2-10,17H2,1H3. The molecular formula is C13H24F3N3. The molecule has 19 heavy (non-hydrogen) atoms. The molecule has 2 aliphatic rings. The molecule has 0 amide bonds. The molecule has 2 fully saturated rings. The maximum Gasteiger partial charge on any atom is 0.401 e. The van der Waals surface area contributed by atoms with Crippen molar-refractivity contribution in [2.24, 2.45) is 11.7 Å². The molecule has 1 saturated heterocycles. The van der Waals surface area contributed by atoms with E-state index in [0.717, 1.165) is 12.3 Å². The number of hydrogen-bond donors (Lipinski definition) is 1. The fourth-order valence-electron chi connectivity index (χ4n) is 2.98. The molecule has 0 aromatic heterocycles. The molecule has 1 aliphatic carbocycles. The van der Waals surface area contributed by atoms with Gasteiger partial charge in [-0.1, -0.05) is 12.8 Å². The van der Waals surface area contributed by atoms with E-state index in [1.54, 1.807) is 0 Å². The Morgan fingerprint density at radius 2 is 1.68 bits per heavy atom. The van der Waals surface area contributed by atoms with Gasteiger partial charge in [0.2, 0.25) is 0 Å². The highest BCUT2D eigenvalue weighted by atomic mass is 19.4. The molecule has 112 valence electrons.